The van der Waals surface area contributed by atoms with Crippen LogP contribution >= 0.6 is 0 Å². The second-order valence-corrected chi connectivity index (χ2v) is 6.08. The van der Waals surface area contributed by atoms with Gasteiger partial charge in [-0.15, -0.1) is 0 Å². The number of amides is 1. The van der Waals surface area contributed by atoms with Gasteiger partial charge in [0.15, 0.2) is 0 Å². The molecule has 0 bridgehead atoms. The van der Waals surface area contributed by atoms with Gasteiger partial charge in [-0.2, -0.15) is 5.26 Å². The van der Waals surface area contributed by atoms with Crippen molar-refractivity contribution in [2.24, 2.45) is 5.92 Å². The number of rotatable bonds is 1. The van der Waals surface area contributed by atoms with Crippen molar-refractivity contribution in [3.05, 3.63) is 0 Å². The summed E-state index contributed by atoms with van der Waals surface area (Å²) >= 11 is 0. The lowest BCUT2D eigenvalue weighted by Gasteiger charge is -2.44. The molecule has 0 spiro atoms. The smallest absolute Gasteiger partial charge is 0.241 e. The first kappa shape index (κ1) is 12.0. The molecule has 1 aliphatic carbocycles. The Kier molecular flexibility index (Phi) is 3.03. The summed E-state index contributed by atoms with van der Waals surface area (Å²) in [7, 11) is 0. The Morgan fingerprint density at radius 2 is 2.11 bits per heavy atom. The molecule has 0 aromatic carbocycles. The number of carbonyl (C=O) groups is 1. The molecule has 2 aliphatic heterocycles. The van der Waals surface area contributed by atoms with Crippen LogP contribution in [0.2, 0.25) is 0 Å². The van der Waals surface area contributed by atoms with Crippen LogP contribution in [0.5, 0.6) is 0 Å². The molecule has 98 valence electrons. The number of likely N-dealkylation sites (tertiary alicyclic amines) is 1. The molecule has 1 amide bonds. The van der Waals surface area contributed by atoms with E-state index >= 15 is 0 Å². The zero-order valence-corrected chi connectivity index (χ0v) is 10.9. The average molecular weight is 247 g/mol. The van der Waals surface area contributed by atoms with Crippen LogP contribution in [0.25, 0.3) is 0 Å². The van der Waals surface area contributed by atoms with Gasteiger partial charge in [0.05, 0.1) is 12.1 Å². The number of carbonyl (C=O) groups excluding carboxylic acids is 1. The fraction of sp³-hybridized carbons (Fsp3) is 0.857. The molecule has 1 N–H and O–H groups in total. The number of nitrogens with zero attached hydrogens (tertiary/aromatic N) is 2. The van der Waals surface area contributed by atoms with Crippen molar-refractivity contribution >= 4 is 5.91 Å². The van der Waals surface area contributed by atoms with Crippen LogP contribution in [-0.2, 0) is 4.79 Å². The van der Waals surface area contributed by atoms with Gasteiger partial charge >= 0.3 is 0 Å². The molecule has 3 aliphatic rings. The molecule has 2 saturated heterocycles. The first-order valence-electron chi connectivity index (χ1n) is 7.18. The van der Waals surface area contributed by atoms with Gasteiger partial charge < -0.3 is 10.2 Å². The van der Waals surface area contributed by atoms with Crippen LogP contribution in [0.4, 0.5) is 0 Å². The van der Waals surface area contributed by atoms with Crippen molar-refractivity contribution < 1.29 is 4.79 Å². The molecule has 3 fully saturated rings. The zero-order chi connectivity index (χ0) is 12.7. The van der Waals surface area contributed by atoms with Crippen molar-refractivity contribution in [3.63, 3.8) is 0 Å². The fourth-order valence-electron chi connectivity index (χ4n) is 3.90. The van der Waals surface area contributed by atoms with Gasteiger partial charge in [0, 0.05) is 18.5 Å². The minimum atomic E-state index is -0.183. The predicted octanol–water partition coefficient (Wildman–Crippen LogP) is 1.42. The number of fused-ring (bicyclic) bond motifs is 1. The Labute approximate surface area is 108 Å². The van der Waals surface area contributed by atoms with Crippen LogP contribution in [0.15, 0.2) is 0 Å². The Bertz CT molecular complexity index is 375. The summed E-state index contributed by atoms with van der Waals surface area (Å²) in [6.45, 7) is 2.04. The molecule has 1 saturated carbocycles. The number of nitrogens with one attached hydrogen (secondary N) is 1. The quantitative estimate of drug-likeness (QED) is 0.762. The van der Waals surface area contributed by atoms with Gasteiger partial charge in [-0.3, -0.25) is 4.79 Å². The van der Waals surface area contributed by atoms with Crippen molar-refractivity contribution in [2.45, 2.75) is 69.6 Å². The molecule has 2 heterocycles. The average Bonchev–Trinajstić information content (AvgIpc) is 2.79. The van der Waals surface area contributed by atoms with E-state index in [4.69, 9.17) is 5.26 Å². The van der Waals surface area contributed by atoms with E-state index in [2.05, 4.69) is 11.4 Å². The summed E-state index contributed by atoms with van der Waals surface area (Å²) in [6.07, 6.45) is 6.89. The largest absolute Gasteiger partial charge is 0.322 e. The van der Waals surface area contributed by atoms with Crippen molar-refractivity contribution in [2.75, 3.05) is 0 Å². The summed E-state index contributed by atoms with van der Waals surface area (Å²) in [4.78, 5) is 14.2. The van der Waals surface area contributed by atoms with Crippen molar-refractivity contribution in [1.82, 2.24) is 10.2 Å². The molecular weight excluding hydrogens is 226 g/mol. The van der Waals surface area contributed by atoms with E-state index in [0.717, 1.165) is 12.8 Å². The highest BCUT2D eigenvalue weighted by atomic mass is 16.2. The molecule has 3 rings (SSSR count). The first-order chi connectivity index (χ1) is 8.70. The Balaban J connectivity index is 1.65. The van der Waals surface area contributed by atoms with E-state index in [0.29, 0.717) is 12.0 Å². The van der Waals surface area contributed by atoms with Gasteiger partial charge in [0.2, 0.25) is 5.91 Å². The zero-order valence-electron chi connectivity index (χ0n) is 10.9. The van der Waals surface area contributed by atoms with E-state index in [-0.39, 0.29) is 24.0 Å². The first-order valence-corrected chi connectivity index (χ1v) is 7.18. The van der Waals surface area contributed by atoms with E-state index in [1.165, 1.54) is 25.7 Å². The molecule has 4 heteroatoms. The number of hydrogen-bond acceptors (Lipinski definition) is 3. The standard InChI is InChI=1S/C14H21N3O/c1-9-6-11(8-15)17(9)14(18)13-7-10-4-2-3-5-12(10)16-13/h9-13,16H,2-7H2,1H3. The maximum Gasteiger partial charge on any atom is 0.241 e. The van der Waals surface area contributed by atoms with Gasteiger partial charge in [0.25, 0.3) is 0 Å². The third-order valence-corrected chi connectivity index (χ3v) is 4.94. The minimum absolute atomic E-state index is 0.0308. The second kappa shape index (κ2) is 4.55. The lowest BCUT2D eigenvalue weighted by Crippen LogP contribution is -2.60. The molecule has 0 aromatic heterocycles. The highest BCUT2D eigenvalue weighted by Crippen LogP contribution is 2.35. The Hall–Kier alpha value is -1.08. The number of nitriles is 1. The minimum Gasteiger partial charge on any atom is -0.322 e. The van der Waals surface area contributed by atoms with E-state index in [1.807, 2.05) is 6.92 Å². The van der Waals surface area contributed by atoms with Crippen LogP contribution in [0.1, 0.15) is 45.4 Å². The van der Waals surface area contributed by atoms with E-state index < -0.39 is 0 Å². The summed E-state index contributed by atoms with van der Waals surface area (Å²) in [6, 6.07) is 2.80. The van der Waals surface area contributed by atoms with Crippen LogP contribution in [0, 0.1) is 17.2 Å². The Morgan fingerprint density at radius 1 is 1.33 bits per heavy atom. The summed E-state index contributed by atoms with van der Waals surface area (Å²) in [5.74, 6) is 0.847. The Morgan fingerprint density at radius 3 is 2.78 bits per heavy atom. The molecular formula is C14H21N3O. The fourth-order valence-corrected chi connectivity index (χ4v) is 3.90. The highest BCUT2D eigenvalue weighted by molar-refractivity contribution is 5.84. The summed E-state index contributed by atoms with van der Waals surface area (Å²) in [5, 5.41) is 12.5. The van der Waals surface area contributed by atoms with Gasteiger partial charge in [-0.1, -0.05) is 12.8 Å². The van der Waals surface area contributed by atoms with Gasteiger partial charge in [-0.25, -0.2) is 0 Å². The normalized spacial score (nSPS) is 42.9. The molecule has 4 nitrogen and oxygen atoms in total. The lowest BCUT2D eigenvalue weighted by atomic mass is 9.84. The van der Waals surface area contributed by atoms with Crippen LogP contribution < -0.4 is 5.32 Å². The molecule has 0 aromatic rings. The summed E-state index contributed by atoms with van der Waals surface area (Å²) < 4.78 is 0. The molecule has 5 unspecified atom stereocenters. The van der Waals surface area contributed by atoms with Gasteiger partial charge in [-0.05, 0) is 32.1 Å². The van der Waals surface area contributed by atoms with Crippen LogP contribution in [-0.4, -0.2) is 35.0 Å². The SMILES string of the molecule is CC1CC(C#N)N1C(=O)C1CC2CCCCC2N1. The maximum atomic E-state index is 12.5. The van der Waals surface area contributed by atoms with Gasteiger partial charge in [0.1, 0.15) is 6.04 Å². The topological polar surface area (TPSA) is 56.1 Å². The van der Waals surface area contributed by atoms with E-state index in [1.54, 1.807) is 4.90 Å². The molecule has 5 atom stereocenters. The number of hydrogen-bond donors (Lipinski definition) is 1. The predicted molar refractivity (Wildman–Crippen MR) is 67.6 cm³/mol. The van der Waals surface area contributed by atoms with Crippen molar-refractivity contribution in [1.29, 1.82) is 5.26 Å². The monoisotopic (exact) mass is 247 g/mol. The third kappa shape index (κ3) is 1.81. The third-order valence-electron chi connectivity index (χ3n) is 4.94. The summed E-state index contributed by atoms with van der Waals surface area (Å²) in [5.41, 5.74) is 0. The maximum absolute atomic E-state index is 12.5. The molecule has 0 radical (unpaired) electrons. The lowest BCUT2D eigenvalue weighted by molar-refractivity contribution is -0.143. The van der Waals surface area contributed by atoms with Crippen LogP contribution in [0.3, 0.4) is 0 Å². The highest BCUT2D eigenvalue weighted by Gasteiger charge is 2.45. The van der Waals surface area contributed by atoms with Crippen molar-refractivity contribution in [3.8, 4) is 6.07 Å². The van der Waals surface area contributed by atoms with E-state index in [9.17, 15) is 4.79 Å². The molecule has 18 heavy (non-hydrogen) atoms. The second-order valence-electron chi connectivity index (χ2n) is 6.08.